The molecule has 1 aliphatic heterocycles. The predicted molar refractivity (Wildman–Crippen MR) is 154 cm³/mol. The lowest BCUT2D eigenvalue weighted by molar-refractivity contribution is -0.124. The van der Waals surface area contributed by atoms with Gasteiger partial charge < -0.3 is 32.6 Å². The van der Waals surface area contributed by atoms with Gasteiger partial charge in [0.2, 0.25) is 0 Å². The summed E-state index contributed by atoms with van der Waals surface area (Å²) in [5.41, 5.74) is 21.6. The van der Waals surface area contributed by atoms with E-state index in [1.165, 1.54) is 11.3 Å². The van der Waals surface area contributed by atoms with Gasteiger partial charge in [0.1, 0.15) is 17.0 Å². The molecule has 6 rings (SSSR count). The maximum Gasteiger partial charge on any atom is 0.262 e. The third-order valence-corrected chi connectivity index (χ3v) is 9.01. The van der Waals surface area contributed by atoms with Crippen molar-refractivity contribution in [3.05, 3.63) is 87.8 Å². The summed E-state index contributed by atoms with van der Waals surface area (Å²) in [6.45, 7) is 3.56. The molecule has 0 bridgehead atoms. The van der Waals surface area contributed by atoms with Gasteiger partial charge in [0.15, 0.2) is 5.78 Å². The van der Waals surface area contributed by atoms with Crippen molar-refractivity contribution < 1.29 is 14.3 Å². The molecule has 39 heavy (non-hydrogen) atoms. The molecule has 0 radical (unpaired) electrons. The molecule has 1 saturated heterocycles. The van der Waals surface area contributed by atoms with Gasteiger partial charge in [-0.05, 0) is 73.3 Å². The number of thiophene rings is 1. The summed E-state index contributed by atoms with van der Waals surface area (Å²) >= 11 is 1.27. The van der Waals surface area contributed by atoms with E-state index in [1.54, 1.807) is 18.2 Å². The fraction of sp³-hybridized carbons (Fsp3) is 0.267. The summed E-state index contributed by atoms with van der Waals surface area (Å²) in [7, 11) is 0. The van der Waals surface area contributed by atoms with Crippen molar-refractivity contribution in [2.75, 3.05) is 18.8 Å². The quantitative estimate of drug-likeness (QED) is 0.241. The number of carbonyl (C=O) groups is 2. The van der Waals surface area contributed by atoms with E-state index in [1.807, 2.05) is 49.4 Å². The lowest BCUT2D eigenvalue weighted by Crippen LogP contribution is -2.52. The number of rotatable bonds is 5. The SMILES string of the molecule is Cc1cc(C2(N)C(=O)C(N)c3c(C(=O)NC4CCCNC4)sc4c(N)ccc2c34)ccc1Oc1ccccc1. The van der Waals surface area contributed by atoms with E-state index in [9.17, 15) is 9.59 Å². The van der Waals surface area contributed by atoms with Crippen molar-refractivity contribution in [1.29, 1.82) is 0 Å². The molecular weight excluding hydrogens is 510 g/mol. The van der Waals surface area contributed by atoms with Gasteiger partial charge in [-0.25, -0.2) is 0 Å². The molecule has 2 heterocycles. The number of nitrogens with one attached hydrogen (secondary N) is 2. The van der Waals surface area contributed by atoms with Gasteiger partial charge in [-0.15, -0.1) is 11.3 Å². The Kier molecular flexibility index (Phi) is 6.39. The summed E-state index contributed by atoms with van der Waals surface area (Å²) in [5.74, 6) is 0.765. The number of nitrogen functional groups attached to an aromatic ring is 1. The number of benzene rings is 3. The second-order valence-electron chi connectivity index (χ2n) is 10.3. The van der Waals surface area contributed by atoms with Crippen molar-refractivity contribution in [1.82, 2.24) is 10.6 Å². The zero-order valence-corrected chi connectivity index (χ0v) is 22.4. The van der Waals surface area contributed by atoms with E-state index < -0.39 is 11.6 Å². The second-order valence-corrected chi connectivity index (χ2v) is 11.3. The Morgan fingerprint density at radius 3 is 2.67 bits per heavy atom. The van der Waals surface area contributed by atoms with Crippen molar-refractivity contribution >= 4 is 38.8 Å². The van der Waals surface area contributed by atoms with Crippen molar-refractivity contribution in [3.63, 3.8) is 0 Å². The Balaban J connectivity index is 1.44. The zero-order valence-electron chi connectivity index (χ0n) is 21.6. The number of ether oxygens (including phenoxy) is 1. The highest BCUT2D eigenvalue weighted by molar-refractivity contribution is 7.21. The molecular formula is C30H31N5O3S. The maximum absolute atomic E-state index is 14.0. The average molecular weight is 542 g/mol. The number of carbonyl (C=O) groups excluding carboxylic acids is 2. The van der Waals surface area contributed by atoms with Crippen LogP contribution in [0.4, 0.5) is 5.69 Å². The number of ketones is 1. The molecule has 0 spiro atoms. The molecule has 8 N–H and O–H groups in total. The Bertz CT molecular complexity index is 1600. The molecule has 8 nitrogen and oxygen atoms in total. The summed E-state index contributed by atoms with van der Waals surface area (Å²) in [6.07, 6.45) is 1.89. The molecule has 1 fully saturated rings. The minimum absolute atomic E-state index is 0.0178. The van der Waals surface area contributed by atoms with Gasteiger partial charge in [-0.3, -0.25) is 9.59 Å². The van der Waals surface area contributed by atoms with Crippen LogP contribution in [0.5, 0.6) is 11.5 Å². The molecule has 1 aromatic heterocycles. The van der Waals surface area contributed by atoms with Crippen LogP contribution in [0.15, 0.2) is 60.7 Å². The zero-order chi connectivity index (χ0) is 27.3. The molecule has 3 unspecified atom stereocenters. The normalized spacial score (nSPS) is 22.6. The monoisotopic (exact) mass is 541 g/mol. The van der Waals surface area contributed by atoms with E-state index >= 15 is 0 Å². The number of amides is 1. The van der Waals surface area contributed by atoms with E-state index in [0.29, 0.717) is 55.4 Å². The van der Waals surface area contributed by atoms with Crippen LogP contribution >= 0.6 is 11.3 Å². The van der Waals surface area contributed by atoms with Crippen LogP contribution in [0.25, 0.3) is 10.1 Å². The molecule has 3 atom stereocenters. The fourth-order valence-corrected chi connectivity index (χ4v) is 6.90. The van der Waals surface area contributed by atoms with Crippen LogP contribution in [-0.2, 0) is 10.3 Å². The number of hydrogen-bond donors (Lipinski definition) is 5. The van der Waals surface area contributed by atoms with E-state index in [-0.39, 0.29) is 17.7 Å². The largest absolute Gasteiger partial charge is 0.457 e. The molecule has 2 aliphatic rings. The van der Waals surface area contributed by atoms with Crippen LogP contribution in [-0.4, -0.2) is 30.8 Å². The maximum atomic E-state index is 14.0. The second kappa shape index (κ2) is 9.77. The van der Waals surface area contributed by atoms with Crippen LogP contribution in [0.1, 0.15) is 50.8 Å². The number of hydrogen-bond acceptors (Lipinski definition) is 8. The van der Waals surface area contributed by atoms with Gasteiger partial charge in [0.25, 0.3) is 5.91 Å². The van der Waals surface area contributed by atoms with Crippen LogP contribution in [0.3, 0.4) is 0 Å². The molecule has 4 aromatic rings. The first-order valence-corrected chi connectivity index (χ1v) is 13.9. The van der Waals surface area contributed by atoms with Crippen molar-refractivity contribution in [2.24, 2.45) is 11.5 Å². The third kappa shape index (κ3) is 4.18. The molecule has 3 aromatic carbocycles. The van der Waals surface area contributed by atoms with Gasteiger partial charge in [0.05, 0.1) is 15.6 Å². The molecule has 0 saturated carbocycles. The van der Waals surface area contributed by atoms with Crippen LogP contribution in [0, 0.1) is 6.92 Å². The minimum Gasteiger partial charge on any atom is -0.457 e. The van der Waals surface area contributed by atoms with Crippen molar-refractivity contribution in [3.8, 4) is 11.5 Å². The number of anilines is 1. The van der Waals surface area contributed by atoms with E-state index in [2.05, 4.69) is 10.6 Å². The number of Topliss-reactive ketones (excluding diaryl/α,β-unsaturated/α-hetero) is 1. The first-order valence-electron chi connectivity index (χ1n) is 13.1. The van der Waals surface area contributed by atoms with Crippen LogP contribution < -0.4 is 32.6 Å². The fourth-order valence-electron chi connectivity index (χ4n) is 5.70. The topological polar surface area (TPSA) is 145 Å². The first kappa shape index (κ1) is 25.5. The summed E-state index contributed by atoms with van der Waals surface area (Å²) in [5, 5.41) is 7.12. The number of para-hydroxylation sites is 1. The Labute approximate surface area is 230 Å². The average Bonchev–Trinajstić information content (AvgIpc) is 3.35. The van der Waals surface area contributed by atoms with E-state index in [0.717, 1.165) is 24.9 Å². The Hall–Kier alpha value is -3.76. The highest BCUT2D eigenvalue weighted by Crippen LogP contribution is 2.49. The van der Waals surface area contributed by atoms with Gasteiger partial charge in [0, 0.05) is 29.2 Å². The highest BCUT2D eigenvalue weighted by Gasteiger charge is 2.49. The van der Waals surface area contributed by atoms with Gasteiger partial charge >= 0.3 is 0 Å². The lowest BCUT2D eigenvalue weighted by atomic mass is 9.70. The van der Waals surface area contributed by atoms with Crippen LogP contribution in [0.2, 0.25) is 0 Å². The molecule has 1 amide bonds. The summed E-state index contributed by atoms with van der Waals surface area (Å²) < 4.78 is 6.76. The number of aryl methyl sites for hydroxylation is 1. The minimum atomic E-state index is -1.52. The lowest BCUT2D eigenvalue weighted by Gasteiger charge is -2.37. The number of nitrogens with two attached hydrogens (primary N) is 3. The van der Waals surface area contributed by atoms with Crippen molar-refractivity contribution in [2.45, 2.75) is 37.4 Å². The first-order chi connectivity index (χ1) is 18.8. The Morgan fingerprint density at radius 1 is 1.15 bits per heavy atom. The molecule has 1 aliphatic carbocycles. The predicted octanol–water partition coefficient (Wildman–Crippen LogP) is 3.85. The third-order valence-electron chi connectivity index (χ3n) is 7.75. The standard InChI is InChI=1S/C30H31N5O3S/c1-16-14-17(9-12-22(16)38-19-7-3-2-4-8-19)30(33)20-10-11-21(31)26-23(20)24(25(32)28(30)36)27(39-26)29(37)35-18-6-5-13-34-15-18/h2-4,7-12,14,18,25,34H,5-6,13,15,31-33H2,1H3,(H,35,37). The molecule has 200 valence electrons. The smallest absolute Gasteiger partial charge is 0.262 e. The Morgan fingerprint density at radius 2 is 1.95 bits per heavy atom. The van der Waals surface area contributed by atoms with E-state index in [4.69, 9.17) is 21.9 Å². The number of piperidine rings is 1. The molecule has 9 heteroatoms. The van der Waals surface area contributed by atoms with Gasteiger partial charge in [-0.1, -0.05) is 30.3 Å². The summed E-state index contributed by atoms with van der Waals surface area (Å²) in [4.78, 5) is 27.9. The van der Waals surface area contributed by atoms with Gasteiger partial charge in [-0.2, -0.15) is 0 Å². The summed E-state index contributed by atoms with van der Waals surface area (Å²) in [6, 6.07) is 17.4. The highest BCUT2D eigenvalue weighted by atomic mass is 32.1.